The molecule has 0 saturated heterocycles. The summed E-state index contributed by atoms with van der Waals surface area (Å²) in [5, 5.41) is 6.03. The predicted molar refractivity (Wildman–Crippen MR) is 78.9 cm³/mol. The molecular weight excluding hydrogens is 254 g/mol. The van der Waals surface area contributed by atoms with Gasteiger partial charge in [0.1, 0.15) is 5.82 Å². The number of amides is 1. The lowest BCUT2D eigenvalue weighted by Gasteiger charge is -2.10. The van der Waals surface area contributed by atoms with Crippen molar-refractivity contribution in [3.63, 3.8) is 0 Å². The quantitative estimate of drug-likeness (QED) is 0.678. The van der Waals surface area contributed by atoms with Crippen LogP contribution in [0.3, 0.4) is 0 Å². The lowest BCUT2D eigenvalue weighted by Crippen LogP contribution is -2.28. The molecule has 110 valence electrons. The Kier molecular flexibility index (Phi) is 5.80. The van der Waals surface area contributed by atoms with Crippen molar-refractivity contribution in [3.05, 3.63) is 23.9 Å². The average Bonchev–Trinajstić information content (AvgIpc) is 3.29. The van der Waals surface area contributed by atoms with Crippen molar-refractivity contribution >= 4 is 11.7 Å². The summed E-state index contributed by atoms with van der Waals surface area (Å²) in [5.41, 5.74) is 0.586. The van der Waals surface area contributed by atoms with Gasteiger partial charge in [0, 0.05) is 25.9 Å². The third kappa shape index (κ3) is 4.81. The van der Waals surface area contributed by atoms with Crippen LogP contribution in [0.15, 0.2) is 18.3 Å². The molecule has 5 nitrogen and oxygen atoms in total. The third-order valence-electron chi connectivity index (χ3n) is 3.18. The molecule has 0 unspecified atom stereocenters. The fourth-order valence-electron chi connectivity index (χ4n) is 1.84. The summed E-state index contributed by atoms with van der Waals surface area (Å²) in [7, 11) is 0. The van der Waals surface area contributed by atoms with Gasteiger partial charge in [-0.1, -0.05) is 6.92 Å². The number of pyridine rings is 1. The van der Waals surface area contributed by atoms with Gasteiger partial charge in [0.15, 0.2) is 0 Å². The molecule has 5 heteroatoms. The zero-order valence-corrected chi connectivity index (χ0v) is 12.0. The number of nitrogens with zero attached hydrogens (tertiary/aromatic N) is 1. The van der Waals surface area contributed by atoms with Crippen LogP contribution >= 0.6 is 0 Å². The molecule has 1 saturated carbocycles. The summed E-state index contributed by atoms with van der Waals surface area (Å²) in [6, 6.07) is 3.56. The molecule has 1 fully saturated rings. The highest BCUT2D eigenvalue weighted by Crippen LogP contribution is 2.28. The van der Waals surface area contributed by atoms with Crippen molar-refractivity contribution in [2.24, 2.45) is 5.92 Å². The summed E-state index contributed by atoms with van der Waals surface area (Å²) in [6.07, 6.45) is 5.25. The standard InChI is InChI=1S/C15H23N3O2/c1-2-7-16-14-13(4-3-8-17-14)15(19)18-9-10-20-11-12-5-6-12/h3-4,8,12H,2,5-7,9-11H2,1H3,(H,16,17)(H,18,19). The van der Waals surface area contributed by atoms with Crippen molar-refractivity contribution in [3.8, 4) is 0 Å². The van der Waals surface area contributed by atoms with E-state index in [1.165, 1.54) is 12.8 Å². The Morgan fingerprint density at radius 3 is 3.05 bits per heavy atom. The van der Waals surface area contributed by atoms with Gasteiger partial charge in [0.05, 0.1) is 12.2 Å². The number of hydrogen-bond donors (Lipinski definition) is 2. The first-order chi connectivity index (χ1) is 9.81. The number of rotatable bonds is 9. The van der Waals surface area contributed by atoms with Gasteiger partial charge in [-0.05, 0) is 37.3 Å². The second-order valence-corrected chi connectivity index (χ2v) is 5.10. The summed E-state index contributed by atoms with van der Waals surface area (Å²) < 4.78 is 5.49. The van der Waals surface area contributed by atoms with E-state index in [2.05, 4.69) is 22.5 Å². The summed E-state index contributed by atoms with van der Waals surface area (Å²) in [4.78, 5) is 16.3. The van der Waals surface area contributed by atoms with Crippen LogP contribution in [0.2, 0.25) is 0 Å². The highest BCUT2D eigenvalue weighted by atomic mass is 16.5. The number of carbonyl (C=O) groups excluding carboxylic acids is 1. The van der Waals surface area contributed by atoms with E-state index in [1.54, 1.807) is 18.3 Å². The second-order valence-electron chi connectivity index (χ2n) is 5.10. The molecule has 2 N–H and O–H groups in total. The zero-order chi connectivity index (χ0) is 14.2. The van der Waals surface area contributed by atoms with Crippen LogP contribution in [0.1, 0.15) is 36.5 Å². The predicted octanol–water partition coefficient (Wildman–Crippen LogP) is 2.06. The lowest BCUT2D eigenvalue weighted by molar-refractivity contribution is 0.0907. The number of carbonyl (C=O) groups is 1. The molecular formula is C15H23N3O2. The van der Waals surface area contributed by atoms with Crippen LogP contribution in [0.4, 0.5) is 5.82 Å². The Labute approximate surface area is 120 Å². The van der Waals surface area contributed by atoms with E-state index in [0.717, 1.165) is 25.5 Å². The summed E-state index contributed by atoms with van der Waals surface area (Å²) >= 11 is 0. The van der Waals surface area contributed by atoms with Gasteiger partial charge in [0.2, 0.25) is 0 Å². The first-order valence-corrected chi connectivity index (χ1v) is 7.36. The van der Waals surface area contributed by atoms with E-state index in [-0.39, 0.29) is 5.91 Å². The van der Waals surface area contributed by atoms with Crippen molar-refractivity contribution in [1.29, 1.82) is 0 Å². The number of aromatic nitrogens is 1. The Morgan fingerprint density at radius 1 is 1.45 bits per heavy atom. The van der Waals surface area contributed by atoms with Gasteiger partial charge in [-0.25, -0.2) is 4.98 Å². The normalized spacial score (nSPS) is 14.1. The van der Waals surface area contributed by atoms with Crippen LogP contribution in [0.25, 0.3) is 0 Å². The van der Waals surface area contributed by atoms with Crippen molar-refractivity contribution < 1.29 is 9.53 Å². The van der Waals surface area contributed by atoms with E-state index in [0.29, 0.717) is 24.5 Å². The fourth-order valence-corrected chi connectivity index (χ4v) is 1.84. The molecule has 2 rings (SSSR count). The monoisotopic (exact) mass is 277 g/mol. The van der Waals surface area contributed by atoms with Crippen LogP contribution in [0.5, 0.6) is 0 Å². The SMILES string of the molecule is CCCNc1ncccc1C(=O)NCCOCC1CC1. The third-order valence-corrected chi connectivity index (χ3v) is 3.18. The van der Waals surface area contributed by atoms with Crippen molar-refractivity contribution in [1.82, 2.24) is 10.3 Å². The first-order valence-electron chi connectivity index (χ1n) is 7.36. The van der Waals surface area contributed by atoms with E-state index < -0.39 is 0 Å². The Bertz CT molecular complexity index is 433. The first kappa shape index (κ1) is 14.8. The van der Waals surface area contributed by atoms with E-state index >= 15 is 0 Å². The minimum absolute atomic E-state index is 0.105. The molecule has 0 aliphatic heterocycles. The Balaban J connectivity index is 1.75. The van der Waals surface area contributed by atoms with Gasteiger partial charge in [0.25, 0.3) is 5.91 Å². The van der Waals surface area contributed by atoms with Gasteiger partial charge in [-0.2, -0.15) is 0 Å². The van der Waals surface area contributed by atoms with Crippen LogP contribution in [-0.2, 0) is 4.74 Å². The van der Waals surface area contributed by atoms with Crippen LogP contribution in [-0.4, -0.2) is 37.2 Å². The highest BCUT2D eigenvalue weighted by molar-refractivity contribution is 5.98. The number of anilines is 1. The largest absolute Gasteiger partial charge is 0.379 e. The highest BCUT2D eigenvalue weighted by Gasteiger charge is 2.20. The maximum Gasteiger partial charge on any atom is 0.255 e. The van der Waals surface area contributed by atoms with E-state index in [9.17, 15) is 4.79 Å². The fraction of sp³-hybridized carbons (Fsp3) is 0.600. The van der Waals surface area contributed by atoms with E-state index in [4.69, 9.17) is 4.74 Å². The summed E-state index contributed by atoms with van der Waals surface area (Å²) in [6.45, 7) is 4.81. The molecule has 0 aromatic carbocycles. The molecule has 0 bridgehead atoms. The van der Waals surface area contributed by atoms with Crippen molar-refractivity contribution in [2.45, 2.75) is 26.2 Å². The maximum atomic E-state index is 12.1. The van der Waals surface area contributed by atoms with Gasteiger partial charge >= 0.3 is 0 Å². The summed E-state index contributed by atoms with van der Waals surface area (Å²) in [5.74, 6) is 1.30. The molecule has 1 aromatic rings. The lowest BCUT2D eigenvalue weighted by atomic mass is 10.2. The number of hydrogen-bond acceptors (Lipinski definition) is 4. The minimum atomic E-state index is -0.105. The molecule has 0 spiro atoms. The molecule has 1 heterocycles. The van der Waals surface area contributed by atoms with Gasteiger partial charge in [-0.3, -0.25) is 4.79 Å². The molecule has 1 aliphatic rings. The number of nitrogens with one attached hydrogen (secondary N) is 2. The van der Waals surface area contributed by atoms with E-state index in [1.807, 2.05) is 0 Å². The molecule has 1 aromatic heterocycles. The Morgan fingerprint density at radius 2 is 2.30 bits per heavy atom. The Hall–Kier alpha value is -1.62. The molecule has 1 amide bonds. The molecule has 1 aliphatic carbocycles. The smallest absolute Gasteiger partial charge is 0.255 e. The van der Waals surface area contributed by atoms with Gasteiger partial charge in [-0.15, -0.1) is 0 Å². The average molecular weight is 277 g/mol. The molecule has 0 radical (unpaired) electrons. The molecule has 20 heavy (non-hydrogen) atoms. The maximum absolute atomic E-state index is 12.1. The number of ether oxygens (including phenoxy) is 1. The minimum Gasteiger partial charge on any atom is -0.379 e. The van der Waals surface area contributed by atoms with Crippen molar-refractivity contribution in [2.75, 3.05) is 31.6 Å². The molecule has 0 atom stereocenters. The second kappa shape index (κ2) is 7.85. The van der Waals surface area contributed by atoms with Crippen LogP contribution < -0.4 is 10.6 Å². The zero-order valence-electron chi connectivity index (χ0n) is 12.0. The van der Waals surface area contributed by atoms with Gasteiger partial charge < -0.3 is 15.4 Å². The topological polar surface area (TPSA) is 63.2 Å². The van der Waals surface area contributed by atoms with Crippen LogP contribution in [0, 0.1) is 5.92 Å².